The number of benzene rings is 2. The molecule has 0 N–H and O–H groups in total. The van der Waals surface area contributed by atoms with Crippen LogP contribution in [0, 0.1) is 0 Å². The summed E-state index contributed by atoms with van der Waals surface area (Å²) in [5, 5.41) is 2.46. The minimum absolute atomic E-state index is 0.126. The monoisotopic (exact) mass is 242 g/mol. The number of ether oxygens (including phenoxy) is 2. The number of hydrogen-bond donors (Lipinski definition) is 0. The molecule has 0 saturated carbocycles. The predicted octanol–water partition coefficient (Wildman–Crippen LogP) is 3.84. The molecular weight excluding hydrogens is 224 g/mol. The van der Waals surface area contributed by atoms with Crippen LogP contribution in [0.4, 0.5) is 0 Å². The molecule has 0 bridgehead atoms. The molecule has 0 aliphatic carbocycles. The van der Waals surface area contributed by atoms with Crippen LogP contribution in [-0.2, 0) is 15.3 Å². The maximum absolute atomic E-state index is 5.97. The lowest BCUT2D eigenvalue weighted by atomic mass is 10.0. The molecule has 0 spiro atoms. The van der Waals surface area contributed by atoms with Crippen molar-refractivity contribution in [2.24, 2.45) is 0 Å². The van der Waals surface area contributed by atoms with Crippen molar-refractivity contribution >= 4 is 10.8 Å². The Morgan fingerprint density at radius 3 is 2.17 bits per heavy atom. The number of hydrogen-bond acceptors (Lipinski definition) is 2. The van der Waals surface area contributed by atoms with E-state index < -0.39 is 5.79 Å². The van der Waals surface area contributed by atoms with Gasteiger partial charge in [-0.05, 0) is 37.6 Å². The fraction of sp³-hybridized carbons (Fsp3) is 0.375. The molecule has 18 heavy (non-hydrogen) atoms. The van der Waals surface area contributed by atoms with Crippen LogP contribution in [0.3, 0.4) is 0 Å². The van der Waals surface area contributed by atoms with Crippen molar-refractivity contribution in [1.29, 1.82) is 0 Å². The summed E-state index contributed by atoms with van der Waals surface area (Å²) in [5.74, 6) is -0.622. The van der Waals surface area contributed by atoms with E-state index in [4.69, 9.17) is 9.47 Å². The van der Waals surface area contributed by atoms with Crippen molar-refractivity contribution in [1.82, 2.24) is 0 Å². The molecule has 3 rings (SSSR count). The van der Waals surface area contributed by atoms with Gasteiger partial charge in [-0.15, -0.1) is 0 Å². The average molecular weight is 242 g/mol. The van der Waals surface area contributed by atoms with Gasteiger partial charge in [0.2, 0.25) is 0 Å². The first-order valence-corrected chi connectivity index (χ1v) is 6.43. The summed E-state index contributed by atoms with van der Waals surface area (Å²) in [6.45, 7) is 6.10. The van der Waals surface area contributed by atoms with Crippen LogP contribution in [0.25, 0.3) is 10.8 Å². The van der Waals surface area contributed by atoms with Gasteiger partial charge in [0.05, 0.1) is 12.2 Å². The van der Waals surface area contributed by atoms with Crippen molar-refractivity contribution in [3.8, 4) is 0 Å². The fourth-order valence-corrected chi connectivity index (χ4v) is 2.54. The molecule has 1 aliphatic rings. The first kappa shape index (κ1) is 11.7. The van der Waals surface area contributed by atoms with Gasteiger partial charge in [-0.3, -0.25) is 0 Å². The molecule has 1 heterocycles. The normalized spacial score (nSPS) is 26.6. The Labute approximate surface area is 108 Å². The molecule has 1 fully saturated rings. The highest BCUT2D eigenvalue weighted by Crippen LogP contribution is 2.37. The standard InChI is InChI=1S/C16H18O2/c1-11-12(2)18-16(3,17-11)15-9-8-13-6-4-5-7-14(13)10-15/h4-12H,1-3H3/t11-,12-/m0/s1. The molecule has 0 radical (unpaired) electrons. The van der Waals surface area contributed by atoms with E-state index in [0.717, 1.165) is 5.56 Å². The first-order valence-electron chi connectivity index (χ1n) is 6.43. The van der Waals surface area contributed by atoms with Crippen LogP contribution in [0.1, 0.15) is 26.3 Å². The fourth-order valence-electron chi connectivity index (χ4n) is 2.54. The molecule has 2 heteroatoms. The van der Waals surface area contributed by atoms with Gasteiger partial charge in [0.25, 0.3) is 0 Å². The van der Waals surface area contributed by atoms with Gasteiger partial charge in [0.1, 0.15) is 0 Å². The Morgan fingerprint density at radius 1 is 0.889 bits per heavy atom. The summed E-state index contributed by atoms with van der Waals surface area (Å²) in [5.41, 5.74) is 1.08. The van der Waals surface area contributed by atoms with Crippen LogP contribution in [-0.4, -0.2) is 12.2 Å². The largest absolute Gasteiger partial charge is 0.340 e. The molecular formula is C16H18O2. The van der Waals surface area contributed by atoms with Gasteiger partial charge in [-0.1, -0.05) is 36.4 Å². The van der Waals surface area contributed by atoms with Crippen LogP contribution >= 0.6 is 0 Å². The molecule has 1 saturated heterocycles. The lowest BCUT2D eigenvalue weighted by Gasteiger charge is -2.24. The zero-order chi connectivity index (χ0) is 12.8. The Hall–Kier alpha value is -1.38. The van der Waals surface area contributed by atoms with E-state index in [0.29, 0.717) is 0 Å². The van der Waals surface area contributed by atoms with Gasteiger partial charge in [0, 0.05) is 5.56 Å². The average Bonchev–Trinajstić information content (AvgIpc) is 2.64. The molecule has 2 aromatic carbocycles. The zero-order valence-electron chi connectivity index (χ0n) is 11.0. The van der Waals surface area contributed by atoms with Crippen molar-refractivity contribution in [3.05, 3.63) is 48.0 Å². The highest BCUT2D eigenvalue weighted by Gasteiger charge is 2.41. The minimum Gasteiger partial charge on any atom is -0.340 e. The lowest BCUT2D eigenvalue weighted by molar-refractivity contribution is -0.166. The van der Waals surface area contributed by atoms with Crippen molar-refractivity contribution in [2.75, 3.05) is 0 Å². The van der Waals surface area contributed by atoms with E-state index >= 15 is 0 Å². The van der Waals surface area contributed by atoms with E-state index in [9.17, 15) is 0 Å². The van der Waals surface area contributed by atoms with Gasteiger partial charge in [0.15, 0.2) is 5.79 Å². The van der Waals surface area contributed by atoms with Crippen LogP contribution in [0.5, 0.6) is 0 Å². The van der Waals surface area contributed by atoms with Crippen LogP contribution < -0.4 is 0 Å². The van der Waals surface area contributed by atoms with E-state index in [2.05, 4.69) is 56.3 Å². The van der Waals surface area contributed by atoms with E-state index in [1.54, 1.807) is 0 Å². The summed E-state index contributed by atoms with van der Waals surface area (Å²) in [6, 6.07) is 14.7. The lowest BCUT2D eigenvalue weighted by Crippen LogP contribution is -2.23. The third-order valence-corrected chi connectivity index (χ3v) is 3.76. The Balaban J connectivity index is 2.04. The van der Waals surface area contributed by atoms with Crippen molar-refractivity contribution < 1.29 is 9.47 Å². The van der Waals surface area contributed by atoms with Crippen molar-refractivity contribution in [3.63, 3.8) is 0 Å². The predicted molar refractivity (Wildman–Crippen MR) is 72.4 cm³/mol. The zero-order valence-corrected chi connectivity index (χ0v) is 11.0. The molecule has 1 aliphatic heterocycles. The number of rotatable bonds is 1. The van der Waals surface area contributed by atoms with Gasteiger partial charge in [-0.2, -0.15) is 0 Å². The Bertz CT molecular complexity index is 566. The molecule has 0 aromatic heterocycles. The summed E-state index contributed by atoms with van der Waals surface area (Å²) in [4.78, 5) is 0. The van der Waals surface area contributed by atoms with Gasteiger partial charge in [-0.25, -0.2) is 0 Å². The van der Waals surface area contributed by atoms with E-state index in [1.165, 1.54) is 10.8 Å². The molecule has 2 atom stereocenters. The smallest absolute Gasteiger partial charge is 0.192 e. The Kier molecular flexibility index (Phi) is 2.65. The summed E-state index contributed by atoms with van der Waals surface area (Å²) in [7, 11) is 0. The third kappa shape index (κ3) is 1.82. The number of fused-ring (bicyclic) bond motifs is 1. The summed E-state index contributed by atoms with van der Waals surface area (Å²) in [6.07, 6.45) is 0.253. The maximum atomic E-state index is 5.97. The second-order valence-corrected chi connectivity index (χ2v) is 5.15. The quantitative estimate of drug-likeness (QED) is 0.756. The highest BCUT2D eigenvalue weighted by atomic mass is 16.8. The van der Waals surface area contributed by atoms with Gasteiger partial charge < -0.3 is 9.47 Å². The first-order chi connectivity index (χ1) is 8.58. The Morgan fingerprint density at radius 2 is 1.50 bits per heavy atom. The second-order valence-electron chi connectivity index (χ2n) is 5.15. The van der Waals surface area contributed by atoms with Crippen LogP contribution in [0.15, 0.2) is 42.5 Å². The SMILES string of the molecule is C[C@@H]1OC(C)(c2ccc3ccccc3c2)O[C@H]1C. The molecule has 94 valence electrons. The minimum atomic E-state index is -0.622. The summed E-state index contributed by atoms with van der Waals surface area (Å²) >= 11 is 0. The van der Waals surface area contributed by atoms with Gasteiger partial charge >= 0.3 is 0 Å². The van der Waals surface area contributed by atoms with Crippen LogP contribution in [0.2, 0.25) is 0 Å². The maximum Gasteiger partial charge on any atom is 0.192 e. The topological polar surface area (TPSA) is 18.5 Å². The molecule has 0 unspecified atom stereocenters. The third-order valence-electron chi connectivity index (χ3n) is 3.76. The molecule has 0 amide bonds. The molecule has 2 nitrogen and oxygen atoms in total. The van der Waals surface area contributed by atoms with E-state index in [-0.39, 0.29) is 12.2 Å². The summed E-state index contributed by atoms with van der Waals surface area (Å²) < 4.78 is 11.9. The van der Waals surface area contributed by atoms with E-state index in [1.807, 2.05) is 6.92 Å². The highest BCUT2D eigenvalue weighted by molar-refractivity contribution is 5.83. The van der Waals surface area contributed by atoms with Crippen molar-refractivity contribution in [2.45, 2.75) is 38.8 Å². The molecule has 2 aromatic rings. The second kappa shape index (κ2) is 4.08.